The smallest absolute Gasteiger partial charge is 0.202 e. The number of rotatable bonds is 3. The van der Waals surface area contributed by atoms with Gasteiger partial charge in [-0.05, 0) is 18.8 Å². The molecule has 0 spiro atoms. The highest BCUT2D eigenvalue weighted by Crippen LogP contribution is 2.28. The average Bonchev–Trinajstić information content (AvgIpc) is 2.77. The maximum atomic E-state index is 4.50. The molecule has 1 fully saturated rings. The van der Waals surface area contributed by atoms with E-state index in [9.17, 15) is 0 Å². The van der Waals surface area contributed by atoms with Crippen LogP contribution in [0.4, 0.5) is 5.13 Å². The van der Waals surface area contributed by atoms with Crippen molar-refractivity contribution < 1.29 is 0 Å². The van der Waals surface area contributed by atoms with Crippen molar-refractivity contribution in [1.29, 1.82) is 0 Å². The van der Waals surface area contributed by atoms with Crippen molar-refractivity contribution in [2.45, 2.75) is 52.0 Å². The summed E-state index contributed by atoms with van der Waals surface area (Å²) >= 11 is 1.49. The summed E-state index contributed by atoms with van der Waals surface area (Å²) in [6.45, 7) is 6.57. The molecule has 0 bridgehead atoms. The zero-order chi connectivity index (χ0) is 10.8. The monoisotopic (exact) mass is 225 g/mol. The van der Waals surface area contributed by atoms with Crippen LogP contribution in [0.2, 0.25) is 0 Å². The number of hydrogen-bond donors (Lipinski definition) is 1. The first-order valence-electron chi connectivity index (χ1n) is 5.77. The molecular weight excluding hydrogens is 206 g/mol. The normalized spacial score (nSPS) is 26.1. The SMILES string of the molecule is CC(C)c1nsc(NC2CCCC2C)n1. The van der Waals surface area contributed by atoms with Crippen LogP contribution in [0.5, 0.6) is 0 Å². The molecule has 0 aliphatic heterocycles. The Bertz CT molecular complexity index is 321. The maximum Gasteiger partial charge on any atom is 0.202 e. The first-order valence-corrected chi connectivity index (χ1v) is 6.54. The molecule has 1 aromatic heterocycles. The Balaban J connectivity index is 1.98. The average molecular weight is 225 g/mol. The van der Waals surface area contributed by atoms with E-state index < -0.39 is 0 Å². The molecule has 1 N–H and O–H groups in total. The Kier molecular flexibility index (Phi) is 3.24. The second kappa shape index (κ2) is 4.47. The first-order chi connectivity index (χ1) is 7.16. The molecular formula is C11H19N3S. The topological polar surface area (TPSA) is 37.8 Å². The molecule has 1 saturated carbocycles. The molecule has 0 aromatic carbocycles. The minimum atomic E-state index is 0.429. The van der Waals surface area contributed by atoms with Gasteiger partial charge in [-0.15, -0.1) is 0 Å². The van der Waals surface area contributed by atoms with Crippen molar-refractivity contribution in [2.24, 2.45) is 5.92 Å². The highest BCUT2D eigenvalue weighted by Gasteiger charge is 2.24. The Morgan fingerprint density at radius 2 is 2.20 bits per heavy atom. The lowest BCUT2D eigenvalue weighted by atomic mass is 10.1. The van der Waals surface area contributed by atoms with Crippen LogP contribution in [0.15, 0.2) is 0 Å². The molecule has 2 unspecified atom stereocenters. The van der Waals surface area contributed by atoms with E-state index in [0.717, 1.165) is 16.9 Å². The van der Waals surface area contributed by atoms with Crippen molar-refractivity contribution in [1.82, 2.24) is 9.36 Å². The predicted molar refractivity (Wildman–Crippen MR) is 64.4 cm³/mol. The maximum absolute atomic E-state index is 4.50. The fourth-order valence-electron chi connectivity index (χ4n) is 2.05. The fourth-order valence-corrected chi connectivity index (χ4v) is 2.82. The fraction of sp³-hybridized carbons (Fsp3) is 0.818. The largest absolute Gasteiger partial charge is 0.357 e. The highest BCUT2D eigenvalue weighted by atomic mass is 32.1. The van der Waals surface area contributed by atoms with Crippen molar-refractivity contribution >= 4 is 16.7 Å². The van der Waals surface area contributed by atoms with E-state index >= 15 is 0 Å². The number of hydrogen-bond acceptors (Lipinski definition) is 4. The molecule has 1 aromatic rings. The van der Waals surface area contributed by atoms with E-state index in [1.54, 1.807) is 0 Å². The van der Waals surface area contributed by atoms with Gasteiger partial charge < -0.3 is 5.32 Å². The number of nitrogens with zero attached hydrogens (tertiary/aromatic N) is 2. The van der Waals surface area contributed by atoms with Crippen LogP contribution < -0.4 is 5.32 Å². The molecule has 1 aliphatic rings. The lowest BCUT2D eigenvalue weighted by molar-refractivity contribution is 0.556. The Labute approximate surface area is 95.5 Å². The van der Waals surface area contributed by atoms with Crippen molar-refractivity contribution in [3.63, 3.8) is 0 Å². The van der Waals surface area contributed by atoms with Crippen molar-refractivity contribution in [2.75, 3.05) is 5.32 Å². The van der Waals surface area contributed by atoms with Crippen LogP contribution in [-0.2, 0) is 0 Å². The highest BCUT2D eigenvalue weighted by molar-refractivity contribution is 7.09. The summed E-state index contributed by atoms with van der Waals surface area (Å²) in [5, 5.41) is 4.51. The molecule has 3 nitrogen and oxygen atoms in total. The zero-order valence-corrected chi connectivity index (χ0v) is 10.5. The molecule has 1 heterocycles. The van der Waals surface area contributed by atoms with Crippen LogP contribution in [0.25, 0.3) is 0 Å². The minimum absolute atomic E-state index is 0.429. The quantitative estimate of drug-likeness (QED) is 0.858. The van der Waals surface area contributed by atoms with Gasteiger partial charge in [0.1, 0.15) is 5.82 Å². The predicted octanol–water partition coefficient (Wildman–Crippen LogP) is 3.26. The van der Waals surface area contributed by atoms with Crippen molar-refractivity contribution in [3.8, 4) is 0 Å². The molecule has 0 radical (unpaired) electrons. The molecule has 2 atom stereocenters. The molecule has 84 valence electrons. The molecule has 0 amide bonds. The molecule has 2 rings (SSSR count). The molecule has 1 aliphatic carbocycles. The number of nitrogens with one attached hydrogen (secondary N) is 1. The lowest BCUT2D eigenvalue weighted by Gasteiger charge is -2.15. The van der Waals surface area contributed by atoms with Gasteiger partial charge in [-0.2, -0.15) is 4.37 Å². The van der Waals surface area contributed by atoms with Gasteiger partial charge in [-0.25, -0.2) is 4.98 Å². The summed E-state index contributed by atoms with van der Waals surface area (Å²) in [5.74, 6) is 2.17. The Hall–Kier alpha value is -0.640. The second-order valence-corrected chi connectivity index (χ2v) is 5.52. The molecule has 4 heteroatoms. The number of anilines is 1. The van der Waals surface area contributed by atoms with Crippen LogP contribution in [0.1, 0.15) is 51.8 Å². The van der Waals surface area contributed by atoms with E-state index in [1.807, 2.05) is 0 Å². The standard InChI is InChI=1S/C11H19N3S/c1-7(2)10-13-11(15-14-10)12-9-6-4-5-8(9)3/h7-9H,4-6H2,1-3H3,(H,12,13,14). The van der Waals surface area contributed by atoms with Gasteiger partial charge in [0, 0.05) is 23.5 Å². The summed E-state index contributed by atoms with van der Waals surface area (Å²) in [5.41, 5.74) is 0. The van der Waals surface area contributed by atoms with Gasteiger partial charge >= 0.3 is 0 Å². The lowest BCUT2D eigenvalue weighted by Crippen LogP contribution is -2.21. The first kappa shape index (κ1) is 10.9. The van der Waals surface area contributed by atoms with Gasteiger partial charge in [0.2, 0.25) is 5.13 Å². The van der Waals surface area contributed by atoms with Crippen LogP contribution in [-0.4, -0.2) is 15.4 Å². The van der Waals surface area contributed by atoms with Gasteiger partial charge in [0.05, 0.1) is 0 Å². The van der Waals surface area contributed by atoms with Gasteiger partial charge in [0.25, 0.3) is 0 Å². The third kappa shape index (κ3) is 2.48. The summed E-state index contributed by atoms with van der Waals surface area (Å²) < 4.78 is 4.35. The van der Waals surface area contributed by atoms with Gasteiger partial charge in [-0.3, -0.25) is 0 Å². The molecule has 15 heavy (non-hydrogen) atoms. The third-order valence-electron chi connectivity index (χ3n) is 3.13. The zero-order valence-electron chi connectivity index (χ0n) is 9.66. The van der Waals surface area contributed by atoms with Crippen LogP contribution in [0.3, 0.4) is 0 Å². The van der Waals surface area contributed by atoms with Crippen LogP contribution >= 0.6 is 11.5 Å². The summed E-state index contributed by atoms with van der Waals surface area (Å²) in [4.78, 5) is 4.50. The summed E-state index contributed by atoms with van der Waals surface area (Å²) in [6.07, 6.45) is 3.96. The van der Waals surface area contributed by atoms with E-state index in [-0.39, 0.29) is 0 Å². The van der Waals surface area contributed by atoms with Gasteiger partial charge in [0.15, 0.2) is 0 Å². The summed E-state index contributed by atoms with van der Waals surface area (Å²) in [6, 6.07) is 0.609. The van der Waals surface area contributed by atoms with E-state index in [2.05, 4.69) is 35.4 Å². The Morgan fingerprint density at radius 1 is 1.40 bits per heavy atom. The van der Waals surface area contributed by atoms with E-state index in [4.69, 9.17) is 0 Å². The second-order valence-electron chi connectivity index (χ2n) is 4.77. The van der Waals surface area contributed by atoms with E-state index in [0.29, 0.717) is 12.0 Å². The molecule has 0 saturated heterocycles. The number of aromatic nitrogens is 2. The van der Waals surface area contributed by atoms with Crippen LogP contribution in [0, 0.1) is 5.92 Å². The van der Waals surface area contributed by atoms with E-state index in [1.165, 1.54) is 30.8 Å². The Morgan fingerprint density at radius 3 is 2.73 bits per heavy atom. The summed E-state index contributed by atoms with van der Waals surface area (Å²) in [7, 11) is 0. The van der Waals surface area contributed by atoms with Crippen molar-refractivity contribution in [3.05, 3.63) is 5.82 Å². The third-order valence-corrected chi connectivity index (χ3v) is 3.79. The minimum Gasteiger partial charge on any atom is -0.357 e. The van der Waals surface area contributed by atoms with Gasteiger partial charge in [-0.1, -0.05) is 27.2 Å².